The monoisotopic (exact) mass is 494 g/mol. The molecule has 34 heavy (non-hydrogen) atoms. The summed E-state index contributed by atoms with van der Waals surface area (Å²) in [7, 11) is 1.00. The number of rotatable bonds is 17. The first-order chi connectivity index (χ1) is 16.3. The molecule has 0 saturated carbocycles. The van der Waals surface area contributed by atoms with Crippen molar-refractivity contribution in [2.75, 3.05) is 66.6 Å². The number of ether oxygens (including phenoxy) is 6. The van der Waals surface area contributed by atoms with Crippen LogP contribution in [0.5, 0.6) is 0 Å². The van der Waals surface area contributed by atoms with Crippen molar-refractivity contribution in [2.45, 2.75) is 57.5 Å². The van der Waals surface area contributed by atoms with Crippen LogP contribution in [0.4, 0.5) is 0 Å². The smallest absolute Gasteiger partial charge is 0.111 e. The average molecular weight is 495 g/mol. The summed E-state index contributed by atoms with van der Waals surface area (Å²) in [6, 6.07) is 0. The lowest BCUT2D eigenvalue weighted by Crippen LogP contribution is -2.46. The summed E-state index contributed by atoms with van der Waals surface area (Å²) in [5.74, 6) is 0. The Hall–Kier alpha value is -1.26. The van der Waals surface area contributed by atoms with E-state index in [9.17, 15) is 10.2 Å². The van der Waals surface area contributed by atoms with Gasteiger partial charge in [-0.25, -0.2) is 4.68 Å². The van der Waals surface area contributed by atoms with Gasteiger partial charge in [0.05, 0.1) is 78.3 Å². The fraction of sp³-hybridized carbons (Fsp3) is 0.905. The number of nitrogens with zero attached hydrogens (tertiary/aromatic N) is 3. The third kappa shape index (κ3) is 14.2. The van der Waals surface area contributed by atoms with Gasteiger partial charge in [0.25, 0.3) is 0 Å². The molecule has 2 heterocycles. The zero-order valence-electron chi connectivity index (χ0n) is 20.5. The van der Waals surface area contributed by atoms with Gasteiger partial charge in [-0.2, -0.15) is 0 Å². The van der Waals surface area contributed by atoms with E-state index >= 15 is 0 Å². The first-order valence-electron chi connectivity index (χ1n) is 11.4. The minimum Gasteiger partial charge on any atom is -0.400 e. The summed E-state index contributed by atoms with van der Waals surface area (Å²) in [5, 5.41) is 34.4. The molecule has 0 bridgehead atoms. The highest BCUT2D eigenvalue weighted by Crippen LogP contribution is 2.14. The summed E-state index contributed by atoms with van der Waals surface area (Å²) in [6.07, 6.45) is 0.0993. The van der Waals surface area contributed by atoms with Crippen LogP contribution < -0.4 is 5.73 Å². The van der Waals surface area contributed by atoms with Crippen LogP contribution in [0.2, 0.25) is 0 Å². The third-order valence-electron chi connectivity index (χ3n) is 4.56. The molecule has 200 valence electrons. The molecule has 13 heteroatoms. The average Bonchev–Trinajstić information content (AvgIpc) is 3.27. The Morgan fingerprint density at radius 2 is 1.62 bits per heavy atom. The van der Waals surface area contributed by atoms with E-state index in [0.717, 1.165) is 12.8 Å². The number of aromatic nitrogens is 3. The topological polar surface area (TPSA) is 173 Å². The summed E-state index contributed by atoms with van der Waals surface area (Å²) in [4.78, 5) is 0. The molecule has 1 fully saturated rings. The molecule has 3 atom stereocenters. The maximum absolute atomic E-state index is 9.79. The molecule has 1 saturated heterocycles. The second kappa shape index (κ2) is 18.1. The van der Waals surface area contributed by atoms with Gasteiger partial charge in [0.15, 0.2) is 0 Å². The highest BCUT2D eigenvalue weighted by atomic mass is 16.6. The second-order valence-electron chi connectivity index (χ2n) is 8.03. The summed E-state index contributed by atoms with van der Waals surface area (Å²) in [6.45, 7) is 8.28. The van der Waals surface area contributed by atoms with E-state index in [0.29, 0.717) is 72.4 Å². The minimum absolute atomic E-state index is 0.227. The summed E-state index contributed by atoms with van der Waals surface area (Å²) < 4.78 is 34.3. The Balaban J connectivity index is 0.00000281. The van der Waals surface area contributed by atoms with Crippen molar-refractivity contribution in [1.29, 1.82) is 0 Å². The third-order valence-corrected chi connectivity index (χ3v) is 4.56. The normalized spacial score (nSPS) is 20.7. The Morgan fingerprint density at radius 1 is 1.03 bits per heavy atom. The van der Waals surface area contributed by atoms with E-state index in [1.807, 2.05) is 0 Å². The van der Waals surface area contributed by atoms with Crippen LogP contribution in [0, 0.1) is 0 Å². The Bertz CT molecular complexity index is 615. The lowest BCUT2D eigenvalue weighted by molar-refractivity contribution is -0.156. The van der Waals surface area contributed by atoms with Gasteiger partial charge in [0.1, 0.15) is 23.6 Å². The first-order valence-corrected chi connectivity index (χ1v) is 11.4. The lowest BCUT2D eigenvalue weighted by Gasteiger charge is -2.31. The number of aliphatic hydroxyl groups is 3. The van der Waals surface area contributed by atoms with Crippen LogP contribution in [-0.2, 0) is 41.6 Å². The molecule has 13 nitrogen and oxygen atoms in total. The van der Waals surface area contributed by atoms with E-state index < -0.39 is 24.0 Å². The van der Waals surface area contributed by atoms with Crippen molar-refractivity contribution < 1.29 is 43.7 Å². The molecule has 1 aromatic heterocycles. The van der Waals surface area contributed by atoms with Crippen molar-refractivity contribution in [2.24, 2.45) is 5.73 Å². The SMILES string of the molecule is CC(C)(N)OCc1cn(CCOCCOCCOCCOCC2OCCC(O)C2O)nn1.CO. The summed E-state index contributed by atoms with van der Waals surface area (Å²) >= 11 is 0. The number of hydrogen-bond acceptors (Lipinski definition) is 12. The molecular formula is C21H42N4O9. The predicted molar refractivity (Wildman–Crippen MR) is 121 cm³/mol. The van der Waals surface area contributed by atoms with Gasteiger partial charge in [-0.3, -0.25) is 0 Å². The number of aliphatic hydroxyl groups excluding tert-OH is 3. The quantitative estimate of drug-likeness (QED) is 0.149. The molecule has 0 radical (unpaired) electrons. The molecule has 0 spiro atoms. The summed E-state index contributed by atoms with van der Waals surface area (Å²) in [5.41, 5.74) is 5.78. The van der Waals surface area contributed by atoms with Crippen LogP contribution in [-0.4, -0.2) is 121 Å². The highest BCUT2D eigenvalue weighted by Gasteiger charge is 2.31. The van der Waals surface area contributed by atoms with Gasteiger partial charge in [0.2, 0.25) is 0 Å². The molecule has 3 unspecified atom stereocenters. The molecule has 2 rings (SSSR count). The predicted octanol–water partition coefficient (Wildman–Crippen LogP) is -1.32. The van der Waals surface area contributed by atoms with Crippen molar-refractivity contribution in [3.63, 3.8) is 0 Å². The van der Waals surface area contributed by atoms with Crippen molar-refractivity contribution in [3.05, 3.63) is 11.9 Å². The van der Waals surface area contributed by atoms with Crippen LogP contribution in [0.25, 0.3) is 0 Å². The number of nitrogens with two attached hydrogens (primary N) is 1. The molecule has 0 amide bonds. The maximum Gasteiger partial charge on any atom is 0.111 e. The van der Waals surface area contributed by atoms with Crippen LogP contribution in [0.15, 0.2) is 6.20 Å². The molecule has 5 N–H and O–H groups in total. The van der Waals surface area contributed by atoms with Gasteiger partial charge in [0, 0.05) is 13.7 Å². The Kier molecular flexibility index (Phi) is 16.4. The van der Waals surface area contributed by atoms with E-state index in [1.54, 1.807) is 24.7 Å². The maximum atomic E-state index is 9.79. The van der Waals surface area contributed by atoms with E-state index in [-0.39, 0.29) is 6.61 Å². The lowest BCUT2D eigenvalue weighted by atomic mass is 10.0. The van der Waals surface area contributed by atoms with Gasteiger partial charge in [-0.1, -0.05) is 5.21 Å². The molecule has 1 aliphatic heterocycles. The van der Waals surface area contributed by atoms with Gasteiger partial charge >= 0.3 is 0 Å². The van der Waals surface area contributed by atoms with Gasteiger partial charge < -0.3 is 49.5 Å². The van der Waals surface area contributed by atoms with Gasteiger partial charge in [-0.05, 0) is 20.3 Å². The van der Waals surface area contributed by atoms with E-state index in [4.69, 9.17) is 39.3 Å². The van der Waals surface area contributed by atoms with Crippen molar-refractivity contribution in [3.8, 4) is 0 Å². The second-order valence-corrected chi connectivity index (χ2v) is 8.03. The van der Waals surface area contributed by atoms with Gasteiger partial charge in [-0.15, -0.1) is 5.10 Å². The minimum atomic E-state index is -0.905. The standard InChI is InChI=1S/C20H38N4O8.CH4O/c1-20(2,21)32-14-16-13-24(23-22-16)4-6-27-7-8-28-9-10-29-11-12-30-15-18-19(26)17(25)3-5-31-18;1-2/h13,17-19,25-26H,3-12,14-15,21H2,1-2H3;2H,1H3. The van der Waals surface area contributed by atoms with Crippen LogP contribution in [0.1, 0.15) is 26.0 Å². The first kappa shape index (κ1) is 30.8. The zero-order chi connectivity index (χ0) is 25.2. The van der Waals surface area contributed by atoms with Crippen LogP contribution >= 0.6 is 0 Å². The fourth-order valence-corrected chi connectivity index (χ4v) is 2.80. The molecule has 0 aliphatic carbocycles. The van der Waals surface area contributed by atoms with Crippen molar-refractivity contribution >= 4 is 0 Å². The molecule has 1 aromatic rings. The molecular weight excluding hydrogens is 452 g/mol. The highest BCUT2D eigenvalue weighted by molar-refractivity contribution is 4.90. The zero-order valence-corrected chi connectivity index (χ0v) is 20.5. The van der Waals surface area contributed by atoms with E-state index in [2.05, 4.69) is 10.3 Å². The Labute approximate surface area is 201 Å². The van der Waals surface area contributed by atoms with E-state index in [1.165, 1.54) is 0 Å². The molecule has 1 aliphatic rings. The van der Waals surface area contributed by atoms with Crippen LogP contribution in [0.3, 0.4) is 0 Å². The Morgan fingerprint density at radius 3 is 2.24 bits per heavy atom. The number of hydrogen-bond donors (Lipinski definition) is 4. The van der Waals surface area contributed by atoms with Crippen molar-refractivity contribution in [1.82, 2.24) is 15.0 Å². The fourth-order valence-electron chi connectivity index (χ4n) is 2.80. The molecule has 0 aromatic carbocycles. The largest absolute Gasteiger partial charge is 0.400 e.